The minimum absolute atomic E-state index is 0.136. The summed E-state index contributed by atoms with van der Waals surface area (Å²) in [6, 6.07) is 7.86. The molecule has 14 heavy (non-hydrogen) atoms. The zero-order valence-corrected chi connectivity index (χ0v) is 8.49. The number of benzene rings is 1. The molecule has 1 amide bonds. The van der Waals surface area contributed by atoms with Crippen molar-refractivity contribution in [2.75, 3.05) is 0 Å². The predicted octanol–water partition coefficient (Wildman–Crippen LogP) is 1.24. The van der Waals surface area contributed by atoms with Gasteiger partial charge in [-0.15, -0.1) is 0 Å². The highest BCUT2D eigenvalue weighted by atomic mass is 35.7. The lowest BCUT2D eigenvalue weighted by molar-refractivity contribution is 0.205. The van der Waals surface area contributed by atoms with Gasteiger partial charge in [0.05, 0.1) is 4.90 Å². The van der Waals surface area contributed by atoms with Crippen LogP contribution in [-0.2, 0) is 9.05 Å². The molecule has 0 aliphatic carbocycles. The number of amides is 1. The molecule has 0 atom stereocenters. The molecule has 0 fully saturated rings. The van der Waals surface area contributed by atoms with Crippen LogP contribution in [0.4, 0.5) is 4.79 Å². The van der Waals surface area contributed by atoms with Gasteiger partial charge >= 0.3 is 6.09 Å². The van der Waals surface area contributed by atoms with Gasteiger partial charge in [-0.3, -0.25) is 0 Å². The van der Waals surface area contributed by atoms with E-state index in [0.29, 0.717) is 0 Å². The van der Waals surface area contributed by atoms with E-state index in [0.717, 1.165) is 0 Å². The van der Waals surface area contributed by atoms with E-state index in [-0.39, 0.29) is 4.90 Å². The van der Waals surface area contributed by atoms with E-state index in [1.54, 1.807) is 18.2 Å². The molecule has 0 radical (unpaired) electrons. The molecule has 3 N–H and O–H groups in total. The zero-order valence-electron chi connectivity index (χ0n) is 6.92. The van der Waals surface area contributed by atoms with Crippen LogP contribution in [0.2, 0.25) is 0 Å². The van der Waals surface area contributed by atoms with Crippen LogP contribution in [-0.4, -0.2) is 19.6 Å². The van der Waals surface area contributed by atoms with Crippen molar-refractivity contribution < 1.29 is 18.3 Å². The van der Waals surface area contributed by atoms with E-state index in [1.807, 2.05) is 0 Å². The van der Waals surface area contributed by atoms with E-state index in [2.05, 4.69) is 5.73 Å². The standard InChI is InChI=1S/C6H5ClO2S.CH3NO2/c7-10(8,9)6-4-2-1-3-5-6;2-1(3)4/h1-5H;2H2,(H,3,4). The summed E-state index contributed by atoms with van der Waals surface area (Å²) < 4.78 is 21.2. The number of primary amides is 1. The summed E-state index contributed by atoms with van der Waals surface area (Å²) >= 11 is 0. The number of halogens is 1. The van der Waals surface area contributed by atoms with Gasteiger partial charge in [0.1, 0.15) is 0 Å². The molecule has 7 heteroatoms. The van der Waals surface area contributed by atoms with Gasteiger partial charge in [0.15, 0.2) is 0 Å². The van der Waals surface area contributed by atoms with Crippen LogP contribution in [0.5, 0.6) is 0 Å². The molecule has 1 aromatic carbocycles. The molecule has 0 spiro atoms. The molecule has 0 saturated carbocycles. The van der Waals surface area contributed by atoms with E-state index in [1.165, 1.54) is 12.1 Å². The van der Waals surface area contributed by atoms with E-state index in [4.69, 9.17) is 20.6 Å². The first-order chi connectivity index (χ1) is 6.34. The number of carboxylic acid groups (broad SMARTS) is 1. The molecule has 5 nitrogen and oxygen atoms in total. The van der Waals surface area contributed by atoms with Crippen molar-refractivity contribution in [2.24, 2.45) is 5.73 Å². The summed E-state index contributed by atoms with van der Waals surface area (Å²) in [4.78, 5) is 8.91. The Bertz CT molecular complexity index is 385. The van der Waals surface area contributed by atoms with E-state index >= 15 is 0 Å². The molecule has 1 rings (SSSR count). The molecule has 0 unspecified atom stereocenters. The maximum absolute atomic E-state index is 10.6. The highest BCUT2D eigenvalue weighted by Crippen LogP contribution is 2.12. The molecular weight excluding hydrogens is 230 g/mol. The molecule has 78 valence electrons. The highest BCUT2D eigenvalue weighted by Gasteiger charge is 2.06. The van der Waals surface area contributed by atoms with Crippen molar-refractivity contribution in [3.8, 4) is 0 Å². The third-order valence-corrected chi connectivity index (χ3v) is 2.39. The van der Waals surface area contributed by atoms with Gasteiger partial charge in [-0.1, -0.05) is 18.2 Å². The summed E-state index contributed by atoms with van der Waals surface area (Å²) in [7, 11) is 1.50. The lowest BCUT2D eigenvalue weighted by atomic mass is 10.4. The minimum Gasteiger partial charge on any atom is -0.465 e. The molecule has 0 heterocycles. The van der Waals surface area contributed by atoms with Crippen LogP contribution >= 0.6 is 10.7 Å². The fourth-order valence-corrected chi connectivity index (χ4v) is 1.37. The normalized spacial score (nSPS) is 9.79. The second-order valence-corrected chi connectivity index (χ2v) is 4.66. The second kappa shape index (κ2) is 5.46. The van der Waals surface area contributed by atoms with E-state index in [9.17, 15) is 8.42 Å². The number of rotatable bonds is 1. The van der Waals surface area contributed by atoms with Gasteiger partial charge in [0.25, 0.3) is 9.05 Å². The molecule has 0 aliphatic heterocycles. The molecule has 0 aliphatic rings. The summed E-state index contributed by atoms with van der Waals surface area (Å²) in [6.07, 6.45) is -1.33. The molecule has 0 saturated heterocycles. The first-order valence-electron chi connectivity index (χ1n) is 3.32. The van der Waals surface area contributed by atoms with Gasteiger partial charge in [-0.25, -0.2) is 13.2 Å². The number of nitrogens with two attached hydrogens (primary N) is 1. The average Bonchev–Trinajstić information content (AvgIpc) is 2.03. The topological polar surface area (TPSA) is 97.5 Å². The second-order valence-electron chi connectivity index (χ2n) is 2.09. The number of hydrogen-bond acceptors (Lipinski definition) is 3. The third-order valence-electron chi connectivity index (χ3n) is 1.02. The monoisotopic (exact) mass is 237 g/mol. The fourth-order valence-electron chi connectivity index (χ4n) is 0.583. The number of hydrogen-bond donors (Lipinski definition) is 2. The first kappa shape index (κ1) is 12.7. The van der Waals surface area contributed by atoms with Gasteiger partial charge in [0.2, 0.25) is 0 Å². The summed E-state index contributed by atoms with van der Waals surface area (Å²) in [6.45, 7) is 0. The largest absolute Gasteiger partial charge is 0.465 e. The van der Waals surface area contributed by atoms with Crippen LogP contribution in [0.25, 0.3) is 0 Å². The quantitative estimate of drug-likeness (QED) is 0.718. The third kappa shape index (κ3) is 6.27. The van der Waals surface area contributed by atoms with Gasteiger partial charge in [0, 0.05) is 10.7 Å². The Kier molecular flexibility index (Phi) is 4.96. The smallest absolute Gasteiger partial charge is 0.402 e. The number of carbonyl (C=O) groups is 1. The van der Waals surface area contributed by atoms with Crippen molar-refractivity contribution in [1.82, 2.24) is 0 Å². The molecule has 0 aromatic heterocycles. The van der Waals surface area contributed by atoms with Crippen LogP contribution in [0.15, 0.2) is 35.2 Å². The predicted molar refractivity (Wildman–Crippen MR) is 51.7 cm³/mol. The van der Waals surface area contributed by atoms with Crippen molar-refractivity contribution in [3.05, 3.63) is 30.3 Å². The lowest BCUT2D eigenvalue weighted by Crippen LogP contribution is -2.03. The molecule has 0 bridgehead atoms. The van der Waals surface area contributed by atoms with Crippen LogP contribution in [0.3, 0.4) is 0 Å². The van der Waals surface area contributed by atoms with Crippen molar-refractivity contribution in [2.45, 2.75) is 4.90 Å². The van der Waals surface area contributed by atoms with Crippen LogP contribution in [0, 0.1) is 0 Å². The Morgan fingerprint density at radius 2 is 1.64 bits per heavy atom. The van der Waals surface area contributed by atoms with Crippen LogP contribution < -0.4 is 5.73 Å². The van der Waals surface area contributed by atoms with Crippen molar-refractivity contribution in [3.63, 3.8) is 0 Å². The first-order valence-corrected chi connectivity index (χ1v) is 5.63. The maximum Gasteiger partial charge on any atom is 0.402 e. The van der Waals surface area contributed by atoms with Gasteiger partial charge < -0.3 is 10.8 Å². The Balaban J connectivity index is 0.000000364. The van der Waals surface area contributed by atoms with Gasteiger partial charge in [-0.2, -0.15) is 0 Å². The molecular formula is C7H8ClNO4S. The zero-order chi connectivity index (χ0) is 11.2. The lowest BCUT2D eigenvalue weighted by Gasteiger charge is -1.91. The van der Waals surface area contributed by atoms with Crippen LogP contribution in [0.1, 0.15) is 0 Å². The Labute approximate surface area is 85.5 Å². The SMILES string of the molecule is NC(=O)O.O=S(=O)(Cl)c1ccccc1. The van der Waals surface area contributed by atoms with Crippen molar-refractivity contribution >= 4 is 25.8 Å². The van der Waals surface area contributed by atoms with Crippen molar-refractivity contribution in [1.29, 1.82) is 0 Å². The maximum atomic E-state index is 10.6. The molecule has 1 aromatic rings. The Morgan fingerprint density at radius 3 is 1.86 bits per heavy atom. The summed E-state index contributed by atoms with van der Waals surface area (Å²) in [5.41, 5.74) is 4.03. The Hall–Kier alpha value is -1.27. The van der Waals surface area contributed by atoms with E-state index < -0.39 is 15.1 Å². The minimum atomic E-state index is -3.53. The summed E-state index contributed by atoms with van der Waals surface area (Å²) in [5.74, 6) is 0. The fraction of sp³-hybridized carbons (Fsp3) is 0. The summed E-state index contributed by atoms with van der Waals surface area (Å²) in [5, 5.41) is 7.19. The average molecular weight is 238 g/mol. The highest BCUT2D eigenvalue weighted by molar-refractivity contribution is 8.13. The van der Waals surface area contributed by atoms with Gasteiger partial charge in [-0.05, 0) is 12.1 Å². The Morgan fingerprint density at radius 1 is 1.29 bits per heavy atom.